The molecule has 0 aromatic carbocycles. The normalized spacial score (nSPS) is 23.4. The highest BCUT2D eigenvalue weighted by Crippen LogP contribution is 2.14. The van der Waals surface area contributed by atoms with Crippen molar-refractivity contribution in [2.24, 2.45) is 0 Å². The van der Waals surface area contributed by atoms with Crippen LogP contribution in [0, 0.1) is 0 Å². The molecule has 17 heavy (non-hydrogen) atoms. The summed E-state index contributed by atoms with van der Waals surface area (Å²) in [6.45, 7) is 6.01. The van der Waals surface area contributed by atoms with Crippen molar-refractivity contribution in [2.45, 2.75) is 38.6 Å². The van der Waals surface area contributed by atoms with Crippen LogP contribution in [0.15, 0.2) is 0 Å². The number of amides is 1. The predicted molar refractivity (Wildman–Crippen MR) is 60.6 cm³/mol. The summed E-state index contributed by atoms with van der Waals surface area (Å²) in [5.74, 6) is 0. The molecule has 2 N–H and O–H groups in total. The van der Waals surface area contributed by atoms with E-state index in [0.717, 1.165) is 0 Å². The van der Waals surface area contributed by atoms with Gasteiger partial charge in [0.15, 0.2) is 0 Å². The number of morpholine rings is 1. The molecule has 100 valence electrons. The van der Waals surface area contributed by atoms with Gasteiger partial charge in [0.1, 0.15) is 17.8 Å². The second kappa shape index (κ2) is 5.66. The third-order valence-electron chi connectivity index (χ3n) is 2.36. The molecule has 0 aliphatic carbocycles. The molecule has 0 aromatic rings. The minimum Gasteiger partial charge on any atom is -0.444 e. The summed E-state index contributed by atoms with van der Waals surface area (Å²) < 4.78 is 10.5. The number of hydrogen-bond acceptors (Lipinski definition) is 5. The fraction of sp³-hybridized carbons (Fsp3) is 0.909. The molecule has 1 heterocycles. The molecule has 1 fully saturated rings. The number of aliphatic hydroxyl groups excluding tert-OH is 2. The molecule has 1 rings (SSSR count). The van der Waals surface area contributed by atoms with Crippen molar-refractivity contribution in [3.63, 3.8) is 0 Å². The number of carbonyl (C=O) groups excluding carboxylic acids is 1. The SMILES string of the molecule is CC(C)(C)OC(=O)N1CCOC(C(O)CO)C1. The summed E-state index contributed by atoms with van der Waals surface area (Å²) >= 11 is 0. The van der Waals surface area contributed by atoms with Gasteiger partial charge in [-0.2, -0.15) is 0 Å². The predicted octanol–water partition coefficient (Wildman–Crippen LogP) is -0.0245. The van der Waals surface area contributed by atoms with E-state index in [4.69, 9.17) is 14.6 Å². The summed E-state index contributed by atoms with van der Waals surface area (Å²) in [7, 11) is 0. The molecule has 1 amide bonds. The van der Waals surface area contributed by atoms with E-state index < -0.39 is 23.9 Å². The van der Waals surface area contributed by atoms with Gasteiger partial charge in [-0.15, -0.1) is 0 Å². The molecule has 1 saturated heterocycles. The maximum absolute atomic E-state index is 11.8. The molecular weight excluding hydrogens is 226 g/mol. The van der Waals surface area contributed by atoms with E-state index in [2.05, 4.69) is 0 Å². The zero-order chi connectivity index (χ0) is 13.1. The van der Waals surface area contributed by atoms with Crippen LogP contribution < -0.4 is 0 Å². The maximum atomic E-state index is 11.8. The molecule has 2 atom stereocenters. The van der Waals surface area contributed by atoms with Crippen molar-refractivity contribution in [3.05, 3.63) is 0 Å². The highest BCUT2D eigenvalue weighted by molar-refractivity contribution is 5.68. The third-order valence-corrected chi connectivity index (χ3v) is 2.36. The smallest absolute Gasteiger partial charge is 0.410 e. The number of aliphatic hydroxyl groups is 2. The largest absolute Gasteiger partial charge is 0.444 e. The molecule has 0 bridgehead atoms. The first-order chi connectivity index (χ1) is 7.83. The Bertz CT molecular complexity index is 263. The highest BCUT2D eigenvalue weighted by atomic mass is 16.6. The van der Waals surface area contributed by atoms with Crippen LogP contribution in [0.4, 0.5) is 4.79 Å². The molecule has 0 spiro atoms. The van der Waals surface area contributed by atoms with Crippen molar-refractivity contribution in [1.82, 2.24) is 4.90 Å². The van der Waals surface area contributed by atoms with Gasteiger partial charge < -0.3 is 24.6 Å². The quantitative estimate of drug-likeness (QED) is 0.716. The van der Waals surface area contributed by atoms with Crippen molar-refractivity contribution < 1.29 is 24.5 Å². The van der Waals surface area contributed by atoms with Crippen molar-refractivity contribution in [3.8, 4) is 0 Å². The fourth-order valence-corrected chi connectivity index (χ4v) is 1.52. The minimum atomic E-state index is -0.972. The van der Waals surface area contributed by atoms with Gasteiger partial charge >= 0.3 is 6.09 Å². The van der Waals surface area contributed by atoms with Crippen molar-refractivity contribution in [2.75, 3.05) is 26.3 Å². The monoisotopic (exact) mass is 247 g/mol. The summed E-state index contributed by atoms with van der Waals surface area (Å²) in [4.78, 5) is 13.3. The molecule has 6 nitrogen and oxygen atoms in total. The molecule has 0 saturated carbocycles. The van der Waals surface area contributed by atoms with Gasteiger partial charge in [-0.3, -0.25) is 0 Å². The number of hydrogen-bond donors (Lipinski definition) is 2. The van der Waals surface area contributed by atoms with E-state index in [9.17, 15) is 9.90 Å². The number of carbonyl (C=O) groups is 1. The highest BCUT2D eigenvalue weighted by Gasteiger charge is 2.31. The molecule has 0 aromatic heterocycles. The van der Waals surface area contributed by atoms with Crippen LogP contribution in [0.25, 0.3) is 0 Å². The van der Waals surface area contributed by atoms with Crippen molar-refractivity contribution in [1.29, 1.82) is 0 Å². The Balaban J connectivity index is 2.52. The van der Waals surface area contributed by atoms with Gasteiger partial charge in [-0.05, 0) is 20.8 Å². The lowest BCUT2D eigenvalue weighted by Gasteiger charge is -2.35. The number of ether oxygens (including phenoxy) is 2. The van der Waals surface area contributed by atoms with E-state index in [-0.39, 0.29) is 13.2 Å². The Morgan fingerprint density at radius 3 is 2.76 bits per heavy atom. The van der Waals surface area contributed by atoms with E-state index in [1.54, 1.807) is 20.8 Å². The molecule has 1 aliphatic heterocycles. The Labute approximate surface area is 101 Å². The zero-order valence-corrected chi connectivity index (χ0v) is 10.5. The van der Waals surface area contributed by atoms with Gasteiger partial charge in [-0.1, -0.05) is 0 Å². The molecule has 1 aliphatic rings. The van der Waals surface area contributed by atoms with Gasteiger partial charge in [0.2, 0.25) is 0 Å². The lowest BCUT2D eigenvalue weighted by atomic mass is 10.1. The summed E-state index contributed by atoms with van der Waals surface area (Å²) in [5.41, 5.74) is -0.541. The summed E-state index contributed by atoms with van der Waals surface area (Å²) in [6, 6.07) is 0. The van der Waals surface area contributed by atoms with Crippen LogP contribution in [-0.4, -0.2) is 65.3 Å². The first kappa shape index (κ1) is 14.2. The minimum absolute atomic E-state index is 0.233. The van der Waals surface area contributed by atoms with Gasteiger partial charge in [-0.25, -0.2) is 4.79 Å². The lowest BCUT2D eigenvalue weighted by molar-refractivity contribution is -0.101. The first-order valence-electron chi connectivity index (χ1n) is 5.72. The average molecular weight is 247 g/mol. The Kier molecular flexibility index (Phi) is 4.73. The Morgan fingerprint density at radius 1 is 1.59 bits per heavy atom. The van der Waals surface area contributed by atoms with Crippen LogP contribution in [0.3, 0.4) is 0 Å². The van der Waals surface area contributed by atoms with Gasteiger partial charge in [0.05, 0.1) is 19.8 Å². The van der Waals surface area contributed by atoms with E-state index in [1.807, 2.05) is 0 Å². The molecule has 6 heteroatoms. The Morgan fingerprint density at radius 2 is 2.24 bits per heavy atom. The van der Waals surface area contributed by atoms with Crippen LogP contribution in [0.2, 0.25) is 0 Å². The number of nitrogens with zero attached hydrogens (tertiary/aromatic N) is 1. The van der Waals surface area contributed by atoms with Gasteiger partial charge in [0, 0.05) is 6.54 Å². The maximum Gasteiger partial charge on any atom is 0.410 e. The second-order valence-corrected chi connectivity index (χ2v) is 5.09. The average Bonchev–Trinajstić information content (AvgIpc) is 2.26. The van der Waals surface area contributed by atoms with Gasteiger partial charge in [0.25, 0.3) is 0 Å². The summed E-state index contributed by atoms with van der Waals surface area (Å²) in [6.07, 6.45) is -1.95. The molecule has 0 radical (unpaired) electrons. The van der Waals surface area contributed by atoms with Crippen LogP contribution in [0.1, 0.15) is 20.8 Å². The van der Waals surface area contributed by atoms with Crippen LogP contribution in [0.5, 0.6) is 0 Å². The number of rotatable bonds is 2. The lowest BCUT2D eigenvalue weighted by Crippen LogP contribution is -2.51. The molecule has 2 unspecified atom stereocenters. The van der Waals surface area contributed by atoms with E-state index in [1.165, 1.54) is 4.90 Å². The Hall–Kier alpha value is -0.850. The van der Waals surface area contributed by atoms with Crippen LogP contribution in [-0.2, 0) is 9.47 Å². The topological polar surface area (TPSA) is 79.2 Å². The van der Waals surface area contributed by atoms with E-state index >= 15 is 0 Å². The fourth-order valence-electron chi connectivity index (χ4n) is 1.52. The third kappa shape index (κ3) is 4.49. The van der Waals surface area contributed by atoms with E-state index in [0.29, 0.717) is 13.2 Å². The van der Waals surface area contributed by atoms with Crippen LogP contribution >= 0.6 is 0 Å². The zero-order valence-electron chi connectivity index (χ0n) is 10.5. The first-order valence-corrected chi connectivity index (χ1v) is 5.72. The second-order valence-electron chi connectivity index (χ2n) is 5.09. The van der Waals surface area contributed by atoms with Crippen molar-refractivity contribution >= 4 is 6.09 Å². The summed E-state index contributed by atoms with van der Waals surface area (Å²) in [5, 5.41) is 18.3. The molecular formula is C11H21NO5. The standard InChI is InChI=1S/C11H21NO5/c1-11(2,3)17-10(15)12-4-5-16-9(6-12)8(14)7-13/h8-9,13-14H,4-7H2,1-3H3.